The van der Waals surface area contributed by atoms with E-state index in [2.05, 4.69) is 0 Å². The first kappa shape index (κ1) is 9.12. The van der Waals surface area contributed by atoms with Crippen LogP contribution in [-0.2, 0) is 9.84 Å². The Labute approximate surface area is 68.8 Å². The highest BCUT2D eigenvalue weighted by atomic mass is 32.2. The van der Waals surface area contributed by atoms with Gasteiger partial charge >= 0.3 is 5.76 Å². The summed E-state index contributed by atoms with van der Waals surface area (Å²) in [4.78, 5) is -0.347. The molecule has 0 unspecified atom stereocenters. The van der Waals surface area contributed by atoms with E-state index >= 15 is 0 Å². The topological polar surface area (TPSA) is 34.1 Å². The summed E-state index contributed by atoms with van der Waals surface area (Å²) in [6.45, 7) is 0. The molecule has 0 spiro atoms. The fourth-order valence-corrected chi connectivity index (χ4v) is 1.46. The van der Waals surface area contributed by atoms with Crippen molar-refractivity contribution in [3.8, 4) is 0 Å². The van der Waals surface area contributed by atoms with Crippen molar-refractivity contribution in [1.29, 1.82) is 0 Å². The Morgan fingerprint density at radius 3 is 2.00 bits per heavy atom. The lowest BCUT2D eigenvalue weighted by atomic mass is 10.4. The molecule has 0 bridgehead atoms. The number of hydrogen-bond donors (Lipinski definition) is 0. The fourth-order valence-electron chi connectivity index (χ4n) is 0.713. The molecule has 12 heavy (non-hydrogen) atoms. The van der Waals surface area contributed by atoms with Gasteiger partial charge in [0.2, 0.25) is 9.84 Å². The van der Waals surface area contributed by atoms with Gasteiger partial charge in [0.05, 0.1) is 4.90 Å². The first-order valence-electron chi connectivity index (χ1n) is 3.12. The highest BCUT2D eigenvalue weighted by Gasteiger charge is 2.25. The molecule has 2 nitrogen and oxygen atoms in total. The second kappa shape index (κ2) is 3.18. The Bertz CT molecular complexity index is 345. The highest BCUT2D eigenvalue weighted by Crippen LogP contribution is 2.16. The van der Waals surface area contributed by atoms with Gasteiger partial charge in [0, 0.05) is 0 Å². The van der Waals surface area contributed by atoms with E-state index < -0.39 is 15.6 Å². The van der Waals surface area contributed by atoms with Gasteiger partial charge in [0.25, 0.3) is 0 Å². The third kappa shape index (κ3) is 1.61. The predicted molar refractivity (Wildman–Crippen MR) is 39.6 cm³/mol. The van der Waals surface area contributed by atoms with Crippen molar-refractivity contribution in [2.45, 2.75) is 10.7 Å². The number of hydrogen-bond acceptors (Lipinski definition) is 2. The Hall–Kier alpha value is -0.970. The van der Waals surface area contributed by atoms with Gasteiger partial charge in [-0.25, -0.2) is 8.42 Å². The van der Waals surface area contributed by atoms with Gasteiger partial charge in [-0.05, 0) is 12.1 Å². The van der Waals surface area contributed by atoms with Gasteiger partial charge in [-0.15, -0.1) is 0 Å². The summed E-state index contributed by atoms with van der Waals surface area (Å²) in [6, 6.07) is 6.64. The summed E-state index contributed by atoms with van der Waals surface area (Å²) < 4.78 is 45.4. The molecule has 0 N–H and O–H groups in total. The lowest BCUT2D eigenvalue weighted by molar-refractivity contribution is 0.234. The molecule has 0 aliphatic rings. The van der Waals surface area contributed by atoms with Crippen LogP contribution in [-0.4, -0.2) is 14.2 Å². The molecule has 1 aromatic carbocycles. The zero-order valence-electron chi connectivity index (χ0n) is 5.94. The maximum absolute atomic E-state index is 11.9. The van der Waals surface area contributed by atoms with E-state index in [0.717, 1.165) is 12.1 Å². The molecule has 0 atom stereocenters. The van der Waals surface area contributed by atoms with Gasteiger partial charge in [0.1, 0.15) is 0 Å². The van der Waals surface area contributed by atoms with Gasteiger partial charge in [0.15, 0.2) is 0 Å². The Kier molecular flexibility index (Phi) is 2.42. The van der Waals surface area contributed by atoms with Crippen molar-refractivity contribution >= 4 is 9.84 Å². The molecule has 1 rings (SSSR count). The average Bonchev–Trinajstić information content (AvgIpc) is 2.06. The van der Waals surface area contributed by atoms with Crippen LogP contribution in [0.3, 0.4) is 0 Å². The van der Waals surface area contributed by atoms with E-state index in [0.29, 0.717) is 0 Å². The summed E-state index contributed by atoms with van der Waals surface area (Å²) in [5.74, 6) is -3.35. The summed E-state index contributed by atoms with van der Waals surface area (Å²) in [6.07, 6.45) is 0. The van der Waals surface area contributed by atoms with Crippen LogP contribution in [0, 0.1) is 0 Å². The van der Waals surface area contributed by atoms with Crippen molar-refractivity contribution < 1.29 is 17.2 Å². The van der Waals surface area contributed by atoms with Crippen molar-refractivity contribution in [2.24, 2.45) is 0 Å². The van der Waals surface area contributed by atoms with Crippen LogP contribution in [0.4, 0.5) is 8.78 Å². The zero-order valence-corrected chi connectivity index (χ0v) is 6.76. The second-order valence-electron chi connectivity index (χ2n) is 2.12. The second-order valence-corrected chi connectivity index (χ2v) is 4.04. The minimum atomic E-state index is -4.41. The summed E-state index contributed by atoms with van der Waals surface area (Å²) >= 11 is 0. The molecule has 0 saturated heterocycles. The predicted octanol–water partition coefficient (Wildman–Crippen LogP) is 1.68. The van der Waals surface area contributed by atoms with E-state index in [1.807, 2.05) is 0 Å². The molecular formula is C7H6F2O2S. The summed E-state index contributed by atoms with van der Waals surface area (Å²) in [5.41, 5.74) is 0. The normalized spacial score (nSPS) is 11.9. The van der Waals surface area contributed by atoms with Crippen LogP contribution >= 0.6 is 0 Å². The van der Waals surface area contributed by atoms with Crippen molar-refractivity contribution in [2.75, 3.05) is 0 Å². The molecule has 0 aliphatic carbocycles. The molecular weight excluding hydrogens is 186 g/mol. The van der Waals surface area contributed by atoms with E-state index in [-0.39, 0.29) is 4.90 Å². The Morgan fingerprint density at radius 2 is 1.58 bits per heavy atom. The van der Waals surface area contributed by atoms with Crippen molar-refractivity contribution in [3.63, 3.8) is 0 Å². The monoisotopic (exact) mass is 192 g/mol. The SMILES string of the molecule is O=S(=O)(c1ccccc1)C(F)F. The Morgan fingerprint density at radius 1 is 1.08 bits per heavy atom. The maximum atomic E-state index is 11.9. The largest absolute Gasteiger partial charge is 0.341 e. The first-order chi connectivity index (χ1) is 5.55. The molecule has 1 aromatic rings. The maximum Gasteiger partial charge on any atom is 0.341 e. The highest BCUT2D eigenvalue weighted by molar-refractivity contribution is 7.91. The smallest absolute Gasteiger partial charge is 0.218 e. The average molecular weight is 192 g/mol. The molecule has 0 aliphatic heterocycles. The lowest BCUT2D eigenvalue weighted by Gasteiger charge is -2.00. The quantitative estimate of drug-likeness (QED) is 0.714. The first-order valence-corrected chi connectivity index (χ1v) is 4.67. The van der Waals surface area contributed by atoms with Gasteiger partial charge in [-0.3, -0.25) is 0 Å². The molecule has 66 valence electrons. The number of alkyl halides is 2. The van der Waals surface area contributed by atoms with Crippen LogP contribution in [0.2, 0.25) is 0 Å². The molecule has 0 heterocycles. The molecule has 0 amide bonds. The minimum absolute atomic E-state index is 0.347. The fraction of sp³-hybridized carbons (Fsp3) is 0.143. The van der Waals surface area contributed by atoms with Crippen molar-refractivity contribution in [3.05, 3.63) is 30.3 Å². The van der Waals surface area contributed by atoms with Gasteiger partial charge in [-0.1, -0.05) is 18.2 Å². The summed E-state index contributed by atoms with van der Waals surface area (Å²) in [7, 11) is -4.41. The van der Waals surface area contributed by atoms with E-state index in [4.69, 9.17) is 0 Å². The number of benzene rings is 1. The molecule has 0 fully saturated rings. The standard InChI is InChI=1S/C7H6F2O2S/c8-7(9)12(10,11)6-4-2-1-3-5-6/h1-5,7H. The van der Waals surface area contributed by atoms with E-state index in [9.17, 15) is 17.2 Å². The van der Waals surface area contributed by atoms with E-state index in [1.54, 1.807) is 6.07 Å². The third-order valence-corrected chi connectivity index (χ3v) is 2.70. The third-order valence-electron chi connectivity index (χ3n) is 1.31. The molecule has 0 saturated carbocycles. The summed E-state index contributed by atoms with van der Waals surface area (Å²) in [5, 5.41) is 0. The van der Waals surface area contributed by atoms with Crippen LogP contribution in [0.5, 0.6) is 0 Å². The molecule has 0 aromatic heterocycles. The minimum Gasteiger partial charge on any atom is -0.218 e. The van der Waals surface area contributed by atoms with Crippen LogP contribution in [0.25, 0.3) is 0 Å². The molecule has 5 heteroatoms. The molecule has 0 radical (unpaired) electrons. The van der Waals surface area contributed by atoms with Crippen LogP contribution in [0.1, 0.15) is 0 Å². The van der Waals surface area contributed by atoms with Crippen molar-refractivity contribution in [1.82, 2.24) is 0 Å². The number of rotatable bonds is 2. The van der Waals surface area contributed by atoms with Gasteiger partial charge < -0.3 is 0 Å². The number of halogens is 2. The van der Waals surface area contributed by atoms with Crippen LogP contribution in [0.15, 0.2) is 35.2 Å². The zero-order chi connectivity index (χ0) is 9.19. The van der Waals surface area contributed by atoms with Crippen LogP contribution < -0.4 is 0 Å². The number of sulfone groups is 1. The van der Waals surface area contributed by atoms with E-state index in [1.165, 1.54) is 12.1 Å². The Balaban J connectivity index is 3.17. The lowest BCUT2D eigenvalue weighted by Crippen LogP contribution is -2.10. The van der Waals surface area contributed by atoms with Gasteiger partial charge in [-0.2, -0.15) is 8.78 Å².